The number of aliphatic carboxylic acids is 1. The van der Waals surface area contributed by atoms with Crippen LogP contribution in [0.4, 0.5) is 0 Å². The molecule has 11 N–H and O–H groups in total. The van der Waals surface area contributed by atoms with Crippen molar-refractivity contribution >= 4 is 35.5 Å². The Kier molecular flexibility index (Phi) is 19.1. The summed E-state index contributed by atoms with van der Waals surface area (Å²) in [6, 6.07) is -6.25. The maximum atomic E-state index is 13.5. The number of nitrogens with one attached hydrogen (secondary N) is 6. The molecule has 5 amide bonds. The van der Waals surface area contributed by atoms with Gasteiger partial charge in [0.15, 0.2) is 0 Å². The van der Waals surface area contributed by atoms with Crippen LogP contribution in [0.25, 0.3) is 0 Å². The number of carbonyl (C=O) groups is 6. The van der Waals surface area contributed by atoms with Gasteiger partial charge in [-0.3, -0.25) is 24.0 Å². The summed E-state index contributed by atoms with van der Waals surface area (Å²) in [7, 11) is 0. The van der Waals surface area contributed by atoms with Gasteiger partial charge in [-0.15, -0.1) is 0 Å². The number of carboxylic acid groups (broad SMARTS) is 1. The lowest BCUT2D eigenvalue weighted by Gasteiger charge is -2.27. The fourth-order valence-corrected chi connectivity index (χ4v) is 5.09. The monoisotopic (exact) mass is 693 g/mol. The third-order valence-electron chi connectivity index (χ3n) is 7.67. The summed E-state index contributed by atoms with van der Waals surface area (Å²) < 4.78 is 0. The highest BCUT2D eigenvalue weighted by molar-refractivity contribution is 5.96. The molecule has 0 fully saturated rings. The van der Waals surface area contributed by atoms with Crippen molar-refractivity contribution < 1.29 is 33.9 Å². The maximum Gasteiger partial charge on any atom is 0.326 e. The van der Waals surface area contributed by atoms with Gasteiger partial charge in [-0.25, -0.2) is 9.78 Å². The Morgan fingerprint density at radius 3 is 1.65 bits per heavy atom. The zero-order valence-corrected chi connectivity index (χ0v) is 30.0. The molecule has 0 unspecified atom stereocenters. The number of carboxylic acids is 1. The summed E-state index contributed by atoms with van der Waals surface area (Å²) in [5, 5.41) is 22.8. The van der Waals surface area contributed by atoms with Crippen molar-refractivity contribution in [2.75, 3.05) is 6.54 Å². The molecule has 0 spiro atoms. The molecule has 278 valence electrons. The topological polar surface area (TPSA) is 264 Å². The Bertz CT molecular complexity index is 1210. The first-order valence-electron chi connectivity index (χ1n) is 17.1. The molecule has 0 aromatic carbocycles. The molecule has 1 aromatic rings. The lowest BCUT2D eigenvalue weighted by molar-refractivity contribution is -0.143. The van der Waals surface area contributed by atoms with Crippen LogP contribution in [-0.2, 0) is 35.2 Å². The van der Waals surface area contributed by atoms with E-state index < -0.39 is 71.8 Å². The molecule has 0 aliphatic carbocycles. The van der Waals surface area contributed by atoms with E-state index in [9.17, 15) is 33.9 Å². The van der Waals surface area contributed by atoms with Crippen molar-refractivity contribution in [2.24, 2.45) is 29.2 Å². The average Bonchev–Trinajstić information content (AvgIpc) is 3.51. The number of aromatic nitrogens is 2. The molecule has 0 bridgehead atoms. The second kappa shape index (κ2) is 21.8. The minimum Gasteiger partial charge on any atom is -0.480 e. The Hall–Kier alpha value is -4.05. The summed E-state index contributed by atoms with van der Waals surface area (Å²) in [5.74, 6) is -4.22. The second-order valence-corrected chi connectivity index (χ2v) is 13.9. The van der Waals surface area contributed by atoms with Gasteiger partial charge in [0.2, 0.25) is 29.5 Å². The molecule has 0 saturated carbocycles. The Labute approximate surface area is 289 Å². The highest BCUT2D eigenvalue weighted by Crippen LogP contribution is 2.11. The minimum atomic E-state index is -1.17. The van der Waals surface area contributed by atoms with Gasteiger partial charge >= 0.3 is 5.97 Å². The van der Waals surface area contributed by atoms with Crippen molar-refractivity contribution in [3.63, 3.8) is 0 Å². The van der Waals surface area contributed by atoms with Crippen molar-refractivity contribution in [1.82, 2.24) is 36.6 Å². The standard InChI is InChI=1S/C33H59N9O7/c1-18(2)12-25(40-29(44)23(35)15-22-16-36-17-37-22)31(46)38-21(7)28(43)39-24(10-8-9-11-34)30(45)41-26(13-19(3)4)32(47)42-27(33(48)49)14-20(5)6/h16-21,23-27H,8-15,34-35H2,1-7H3,(H,36,37)(H,38,46)(H,39,43)(H,40,44)(H,41,45)(H,42,47)(H,48,49)/t21-,23-,24-,25-,26-,27-/m0/s1. The van der Waals surface area contributed by atoms with E-state index in [0.29, 0.717) is 25.1 Å². The smallest absolute Gasteiger partial charge is 0.326 e. The van der Waals surface area contributed by atoms with Gasteiger partial charge < -0.3 is 48.1 Å². The maximum absolute atomic E-state index is 13.5. The van der Waals surface area contributed by atoms with Crippen LogP contribution >= 0.6 is 0 Å². The first-order chi connectivity index (χ1) is 22.9. The molecule has 0 saturated heterocycles. The molecule has 6 atom stereocenters. The first kappa shape index (κ1) is 43.0. The zero-order chi connectivity index (χ0) is 37.3. The van der Waals surface area contributed by atoms with Crippen LogP contribution in [0.3, 0.4) is 0 Å². The van der Waals surface area contributed by atoms with Gasteiger partial charge in [-0.05, 0) is 69.7 Å². The number of hydrogen-bond acceptors (Lipinski definition) is 9. The van der Waals surface area contributed by atoms with Gasteiger partial charge in [0, 0.05) is 18.3 Å². The zero-order valence-electron chi connectivity index (χ0n) is 30.0. The summed E-state index contributed by atoms with van der Waals surface area (Å²) in [5.41, 5.74) is 12.4. The molecule has 0 radical (unpaired) electrons. The van der Waals surface area contributed by atoms with Crippen molar-refractivity contribution in [3.05, 3.63) is 18.2 Å². The third kappa shape index (κ3) is 16.8. The molecule has 16 heteroatoms. The summed E-state index contributed by atoms with van der Waals surface area (Å²) in [6.45, 7) is 13.0. The van der Waals surface area contributed by atoms with Crippen LogP contribution in [0, 0.1) is 17.8 Å². The quantitative estimate of drug-likeness (QED) is 0.0697. The molecule has 49 heavy (non-hydrogen) atoms. The SMILES string of the molecule is CC(C)C[C@H](NC(=O)[C@H](CC(C)C)NC(=O)[C@H](CCCCN)NC(=O)[C@H](C)NC(=O)[C@H](CC(C)C)NC(=O)[C@@H](N)Cc1cnc[nH]1)C(=O)O. The van der Waals surface area contributed by atoms with E-state index in [4.69, 9.17) is 11.5 Å². The first-order valence-corrected chi connectivity index (χ1v) is 17.1. The van der Waals surface area contributed by atoms with Crippen LogP contribution in [0.5, 0.6) is 0 Å². The number of hydrogen-bond donors (Lipinski definition) is 9. The summed E-state index contributed by atoms with van der Waals surface area (Å²) >= 11 is 0. The Balaban J connectivity index is 3.03. The lowest BCUT2D eigenvalue weighted by Crippen LogP contribution is -2.59. The number of aromatic amines is 1. The second-order valence-electron chi connectivity index (χ2n) is 13.9. The van der Waals surface area contributed by atoms with E-state index in [1.165, 1.54) is 13.3 Å². The van der Waals surface area contributed by atoms with E-state index in [0.717, 1.165) is 0 Å². The van der Waals surface area contributed by atoms with Gasteiger partial charge in [0.1, 0.15) is 30.2 Å². The van der Waals surface area contributed by atoms with Gasteiger partial charge in [0.25, 0.3) is 0 Å². The largest absolute Gasteiger partial charge is 0.480 e. The highest BCUT2D eigenvalue weighted by atomic mass is 16.4. The van der Waals surface area contributed by atoms with Crippen LogP contribution in [-0.4, -0.2) is 93.4 Å². The highest BCUT2D eigenvalue weighted by Gasteiger charge is 2.32. The fraction of sp³-hybridized carbons (Fsp3) is 0.727. The molecular formula is C33H59N9O7. The summed E-state index contributed by atoms with van der Waals surface area (Å²) in [4.78, 5) is 84.7. The number of nitrogens with zero attached hydrogens (tertiary/aromatic N) is 1. The number of carbonyl (C=O) groups excluding carboxylic acids is 5. The molecule has 1 heterocycles. The fourth-order valence-electron chi connectivity index (χ4n) is 5.09. The Morgan fingerprint density at radius 2 is 1.16 bits per heavy atom. The van der Waals surface area contributed by atoms with E-state index in [1.54, 1.807) is 6.20 Å². The summed E-state index contributed by atoms with van der Waals surface area (Å²) in [6.07, 6.45) is 5.22. The lowest BCUT2D eigenvalue weighted by atomic mass is 9.99. The van der Waals surface area contributed by atoms with Crippen LogP contribution in [0.15, 0.2) is 12.5 Å². The van der Waals surface area contributed by atoms with Crippen LogP contribution < -0.4 is 38.1 Å². The van der Waals surface area contributed by atoms with Crippen molar-refractivity contribution in [2.45, 2.75) is 130 Å². The van der Waals surface area contributed by atoms with E-state index in [-0.39, 0.29) is 49.9 Å². The number of nitrogens with two attached hydrogens (primary N) is 2. The third-order valence-corrected chi connectivity index (χ3v) is 7.67. The normalized spacial score (nSPS) is 15.1. The van der Waals surface area contributed by atoms with E-state index in [1.807, 2.05) is 41.5 Å². The van der Waals surface area contributed by atoms with Crippen molar-refractivity contribution in [1.29, 1.82) is 0 Å². The van der Waals surface area contributed by atoms with Gasteiger partial charge in [-0.2, -0.15) is 0 Å². The molecule has 1 rings (SSSR count). The number of unbranched alkanes of at least 4 members (excludes halogenated alkanes) is 1. The number of H-pyrrole nitrogens is 1. The average molecular weight is 694 g/mol. The van der Waals surface area contributed by atoms with E-state index >= 15 is 0 Å². The van der Waals surface area contributed by atoms with Crippen LogP contribution in [0.2, 0.25) is 0 Å². The number of amides is 5. The van der Waals surface area contributed by atoms with Gasteiger partial charge in [-0.1, -0.05) is 41.5 Å². The van der Waals surface area contributed by atoms with Crippen LogP contribution in [0.1, 0.15) is 92.7 Å². The molecule has 0 aliphatic heterocycles. The number of imidazole rings is 1. The molecular weight excluding hydrogens is 634 g/mol. The minimum absolute atomic E-state index is 0.00574. The predicted octanol–water partition coefficient (Wildman–Crippen LogP) is 0.0753. The predicted molar refractivity (Wildman–Crippen MR) is 185 cm³/mol. The van der Waals surface area contributed by atoms with Gasteiger partial charge in [0.05, 0.1) is 12.4 Å². The molecule has 1 aromatic heterocycles. The molecule has 0 aliphatic rings. The Morgan fingerprint density at radius 1 is 0.694 bits per heavy atom. The van der Waals surface area contributed by atoms with Crippen molar-refractivity contribution in [3.8, 4) is 0 Å². The van der Waals surface area contributed by atoms with E-state index in [2.05, 4.69) is 36.6 Å². The number of rotatable bonds is 23. The molecule has 16 nitrogen and oxygen atoms in total.